The zero-order chi connectivity index (χ0) is 16.9. The second-order valence-corrected chi connectivity index (χ2v) is 5.36. The minimum absolute atomic E-state index is 0.222. The Morgan fingerprint density at radius 1 is 1.08 bits per heavy atom. The van der Waals surface area contributed by atoms with Gasteiger partial charge in [0.05, 0.1) is 29.7 Å². The summed E-state index contributed by atoms with van der Waals surface area (Å²) >= 11 is 6.13. The molecule has 1 N–H and O–H groups in total. The summed E-state index contributed by atoms with van der Waals surface area (Å²) in [6.07, 6.45) is 3.22. The third kappa shape index (κ3) is 3.52. The lowest BCUT2D eigenvalue weighted by atomic mass is 10.1. The van der Waals surface area contributed by atoms with Gasteiger partial charge < -0.3 is 10.1 Å². The third-order valence-electron chi connectivity index (χ3n) is 3.38. The summed E-state index contributed by atoms with van der Waals surface area (Å²) in [4.78, 5) is 20.6. The number of carbonyl (C=O) groups is 1. The Kier molecular flexibility index (Phi) is 4.72. The van der Waals surface area contributed by atoms with Crippen LogP contribution in [0.2, 0.25) is 5.02 Å². The molecule has 0 aliphatic carbocycles. The summed E-state index contributed by atoms with van der Waals surface area (Å²) in [5.74, 6) is 0.269. The van der Waals surface area contributed by atoms with E-state index < -0.39 is 0 Å². The van der Waals surface area contributed by atoms with Crippen LogP contribution in [0, 0.1) is 0 Å². The van der Waals surface area contributed by atoms with Gasteiger partial charge in [0.25, 0.3) is 5.91 Å². The molecule has 0 saturated heterocycles. The second-order valence-electron chi connectivity index (χ2n) is 4.95. The van der Waals surface area contributed by atoms with Crippen molar-refractivity contribution in [1.82, 2.24) is 9.97 Å². The second kappa shape index (κ2) is 7.10. The average Bonchev–Trinajstić information content (AvgIpc) is 2.63. The lowest BCUT2D eigenvalue weighted by Crippen LogP contribution is -2.11. The van der Waals surface area contributed by atoms with E-state index in [-0.39, 0.29) is 5.91 Å². The first-order valence-electron chi connectivity index (χ1n) is 7.20. The summed E-state index contributed by atoms with van der Waals surface area (Å²) in [6, 6.07) is 14.1. The Morgan fingerprint density at radius 2 is 1.88 bits per heavy atom. The van der Waals surface area contributed by atoms with Gasteiger partial charge in [-0.3, -0.25) is 9.78 Å². The molecule has 0 bridgehead atoms. The number of amides is 1. The number of anilines is 1. The van der Waals surface area contributed by atoms with Crippen LogP contribution in [0.25, 0.3) is 11.3 Å². The van der Waals surface area contributed by atoms with Crippen LogP contribution in [0.3, 0.4) is 0 Å². The Hall–Kier alpha value is -2.92. The number of carbonyl (C=O) groups excluding carboxylic acids is 1. The van der Waals surface area contributed by atoms with Crippen molar-refractivity contribution in [1.29, 1.82) is 0 Å². The molecule has 0 aliphatic rings. The zero-order valence-corrected chi connectivity index (χ0v) is 13.6. The fourth-order valence-corrected chi connectivity index (χ4v) is 2.39. The fourth-order valence-electron chi connectivity index (χ4n) is 2.16. The largest absolute Gasteiger partial charge is 0.481 e. The highest BCUT2D eigenvalue weighted by Crippen LogP contribution is 2.25. The molecule has 0 spiro atoms. The maximum Gasteiger partial charge on any atom is 0.255 e. The highest BCUT2D eigenvalue weighted by atomic mass is 35.5. The van der Waals surface area contributed by atoms with Crippen LogP contribution in [-0.4, -0.2) is 23.0 Å². The smallest absolute Gasteiger partial charge is 0.255 e. The molecular formula is C18H14ClN3O2. The van der Waals surface area contributed by atoms with E-state index in [0.717, 1.165) is 5.56 Å². The number of halogens is 1. The lowest BCUT2D eigenvalue weighted by Gasteiger charge is -2.07. The van der Waals surface area contributed by atoms with Gasteiger partial charge in [0, 0.05) is 23.4 Å². The molecule has 0 atom stereocenters. The molecule has 24 heavy (non-hydrogen) atoms. The van der Waals surface area contributed by atoms with E-state index in [2.05, 4.69) is 15.3 Å². The molecule has 0 unspecified atom stereocenters. The van der Waals surface area contributed by atoms with Crippen molar-refractivity contribution in [2.24, 2.45) is 0 Å². The average molecular weight is 340 g/mol. The molecule has 0 saturated carbocycles. The van der Waals surface area contributed by atoms with Crippen LogP contribution in [0.5, 0.6) is 5.88 Å². The standard InChI is InChI=1S/C18H14ClN3O2/c1-24-16-9-8-14(11-21-16)22-18(23)13-6-4-12(5-7-13)17-15(19)3-2-10-20-17/h2-11H,1H3,(H,22,23). The number of rotatable bonds is 4. The minimum atomic E-state index is -0.222. The number of nitrogens with zero attached hydrogens (tertiary/aromatic N) is 2. The van der Waals surface area contributed by atoms with Gasteiger partial charge in [0.15, 0.2) is 0 Å². The van der Waals surface area contributed by atoms with Gasteiger partial charge in [0.1, 0.15) is 0 Å². The van der Waals surface area contributed by atoms with E-state index in [0.29, 0.717) is 27.8 Å². The van der Waals surface area contributed by atoms with Crippen LogP contribution < -0.4 is 10.1 Å². The normalized spacial score (nSPS) is 10.2. The van der Waals surface area contributed by atoms with E-state index >= 15 is 0 Å². The Morgan fingerprint density at radius 3 is 2.50 bits per heavy atom. The van der Waals surface area contributed by atoms with Gasteiger partial charge in [-0.2, -0.15) is 0 Å². The molecule has 2 aromatic heterocycles. The molecule has 2 heterocycles. The van der Waals surface area contributed by atoms with Crippen molar-refractivity contribution in [3.63, 3.8) is 0 Å². The molecule has 1 aromatic carbocycles. The zero-order valence-electron chi connectivity index (χ0n) is 12.9. The molecule has 3 aromatic rings. The van der Waals surface area contributed by atoms with E-state index in [1.54, 1.807) is 48.8 Å². The summed E-state index contributed by atoms with van der Waals surface area (Å²) in [6.45, 7) is 0. The van der Waals surface area contributed by atoms with Crippen molar-refractivity contribution < 1.29 is 9.53 Å². The van der Waals surface area contributed by atoms with Crippen LogP contribution >= 0.6 is 11.6 Å². The van der Waals surface area contributed by atoms with Crippen molar-refractivity contribution >= 4 is 23.2 Å². The van der Waals surface area contributed by atoms with Crippen LogP contribution in [-0.2, 0) is 0 Å². The SMILES string of the molecule is COc1ccc(NC(=O)c2ccc(-c3ncccc3Cl)cc2)cn1. The first-order valence-corrected chi connectivity index (χ1v) is 7.57. The van der Waals surface area contributed by atoms with Crippen molar-refractivity contribution in [2.75, 3.05) is 12.4 Å². The predicted molar refractivity (Wildman–Crippen MR) is 93.4 cm³/mol. The fraction of sp³-hybridized carbons (Fsp3) is 0.0556. The summed E-state index contributed by atoms with van der Waals surface area (Å²) < 4.78 is 4.98. The number of ether oxygens (including phenoxy) is 1. The number of hydrogen-bond acceptors (Lipinski definition) is 4. The maximum atomic E-state index is 12.3. The van der Waals surface area contributed by atoms with Gasteiger partial charge >= 0.3 is 0 Å². The Bertz CT molecular complexity index is 849. The summed E-state index contributed by atoms with van der Waals surface area (Å²) in [7, 11) is 1.54. The van der Waals surface area contributed by atoms with E-state index in [9.17, 15) is 4.79 Å². The Balaban J connectivity index is 1.75. The molecule has 0 aliphatic heterocycles. The van der Waals surface area contributed by atoms with Gasteiger partial charge in [-0.1, -0.05) is 23.7 Å². The molecular weight excluding hydrogens is 326 g/mol. The molecule has 6 heteroatoms. The molecule has 0 radical (unpaired) electrons. The number of methoxy groups -OCH3 is 1. The lowest BCUT2D eigenvalue weighted by molar-refractivity contribution is 0.102. The molecule has 0 fully saturated rings. The topological polar surface area (TPSA) is 64.1 Å². The molecule has 5 nitrogen and oxygen atoms in total. The summed E-state index contributed by atoms with van der Waals surface area (Å²) in [5, 5.41) is 3.35. The van der Waals surface area contributed by atoms with Gasteiger partial charge in [-0.05, 0) is 30.3 Å². The minimum Gasteiger partial charge on any atom is -0.481 e. The Labute approximate surface area is 144 Å². The first kappa shape index (κ1) is 16.0. The number of benzene rings is 1. The van der Waals surface area contributed by atoms with Crippen molar-refractivity contribution in [2.45, 2.75) is 0 Å². The number of pyridine rings is 2. The van der Waals surface area contributed by atoms with Crippen molar-refractivity contribution in [3.8, 4) is 17.1 Å². The number of nitrogens with one attached hydrogen (secondary N) is 1. The van der Waals surface area contributed by atoms with E-state index in [1.807, 2.05) is 12.1 Å². The van der Waals surface area contributed by atoms with Crippen LogP contribution in [0.4, 0.5) is 5.69 Å². The first-order chi connectivity index (χ1) is 11.7. The highest BCUT2D eigenvalue weighted by Gasteiger charge is 2.09. The molecule has 3 rings (SSSR count). The van der Waals surface area contributed by atoms with E-state index in [1.165, 1.54) is 7.11 Å². The van der Waals surface area contributed by atoms with Gasteiger partial charge in [0.2, 0.25) is 5.88 Å². The number of hydrogen-bond donors (Lipinski definition) is 1. The van der Waals surface area contributed by atoms with E-state index in [4.69, 9.17) is 16.3 Å². The maximum absolute atomic E-state index is 12.3. The quantitative estimate of drug-likeness (QED) is 0.778. The van der Waals surface area contributed by atoms with Crippen molar-refractivity contribution in [3.05, 3.63) is 71.5 Å². The molecule has 1 amide bonds. The van der Waals surface area contributed by atoms with Gasteiger partial charge in [-0.25, -0.2) is 4.98 Å². The third-order valence-corrected chi connectivity index (χ3v) is 3.69. The predicted octanol–water partition coefficient (Wildman–Crippen LogP) is 4.06. The van der Waals surface area contributed by atoms with Crippen LogP contribution in [0.15, 0.2) is 60.9 Å². The van der Waals surface area contributed by atoms with Crippen LogP contribution in [0.1, 0.15) is 10.4 Å². The number of aromatic nitrogens is 2. The highest BCUT2D eigenvalue weighted by molar-refractivity contribution is 6.33. The molecule has 120 valence electrons. The monoisotopic (exact) mass is 339 g/mol. The summed E-state index contributed by atoms with van der Waals surface area (Å²) in [5.41, 5.74) is 2.66. The van der Waals surface area contributed by atoms with Gasteiger partial charge in [-0.15, -0.1) is 0 Å².